The predicted molar refractivity (Wildman–Crippen MR) is 96.7 cm³/mol. The van der Waals surface area contributed by atoms with Gasteiger partial charge in [0.2, 0.25) is 0 Å². The van der Waals surface area contributed by atoms with Gasteiger partial charge in [0.05, 0.1) is 10.5 Å². The number of hydrogen-bond donors (Lipinski definition) is 2. The van der Waals surface area contributed by atoms with Crippen molar-refractivity contribution in [1.29, 1.82) is 0 Å². The van der Waals surface area contributed by atoms with Crippen LogP contribution in [-0.2, 0) is 14.9 Å². The van der Waals surface area contributed by atoms with Crippen molar-refractivity contribution < 1.29 is 22.5 Å². The number of benzene rings is 1. The van der Waals surface area contributed by atoms with Crippen molar-refractivity contribution in [3.05, 3.63) is 23.8 Å². The second-order valence-electron chi connectivity index (χ2n) is 8.01. The van der Waals surface area contributed by atoms with Crippen molar-refractivity contribution in [3.63, 3.8) is 0 Å². The molecule has 0 radical (unpaired) electrons. The Hall–Kier alpha value is -1.60. The molecule has 4 aliphatic rings. The average molecular weight is 379 g/mol. The third-order valence-corrected chi connectivity index (χ3v) is 7.11. The molecule has 7 heteroatoms. The molecule has 0 atom stereocenters. The summed E-state index contributed by atoms with van der Waals surface area (Å²) in [6.45, 7) is 2.48. The van der Waals surface area contributed by atoms with E-state index in [4.69, 9.17) is 4.74 Å². The molecule has 0 amide bonds. The quantitative estimate of drug-likeness (QED) is 0.602. The number of ether oxygens (including phenoxy) is 1. The van der Waals surface area contributed by atoms with E-state index in [1.807, 2.05) is 6.92 Å². The fourth-order valence-corrected chi connectivity index (χ4v) is 5.96. The van der Waals surface area contributed by atoms with Gasteiger partial charge in [0.15, 0.2) is 0 Å². The van der Waals surface area contributed by atoms with Crippen LogP contribution in [-0.4, -0.2) is 31.6 Å². The monoisotopic (exact) mass is 379 g/mol. The van der Waals surface area contributed by atoms with Crippen molar-refractivity contribution in [2.24, 2.45) is 23.7 Å². The molecule has 0 aromatic heterocycles. The molecule has 0 aliphatic heterocycles. The molecule has 0 saturated heterocycles. The lowest BCUT2D eigenvalue weighted by Crippen LogP contribution is -2.50. The Balaban J connectivity index is 1.59. The van der Waals surface area contributed by atoms with Crippen molar-refractivity contribution >= 4 is 21.8 Å². The molecule has 2 N–H and O–H groups in total. The Kier molecular flexibility index (Phi) is 4.47. The highest BCUT2D eigenvalue weighted by molar-refractivity contribution is 7.85. The molecule has 142 valence electrons. The number of carbonyl (C=O) groups is 1. The van der Waals surface area contributed by atoms with Gasteiger partial charge in [0.25, 0.3) is 10.1 Å². The minimum Gasteiger partial charge on any atom is -0.458 e. The minimum atomic E-state index is -4.38. The van der Waals surface area contributed by atoms with E-state index in [2.05, 4.69) is 5.32 Å². The molecular formula is C19H25NO5S. The summed E-state index contributed by atoms with van der Waals surface area (Å²) in [5.41, 5.74) is 0.685. The van der Waals surface area contributed by atoms with Crippen molar-refractivity contribution in [2.75, 3.05) is 11.9 Å². The molecule has 4 bridgehead atoms. The van der Waals surface area contributed by atoms with Crippen LogP contribution < -0.4 is 5.32 Å². The van der Waals surface area contributed by atoms with Crippen LogP contribution in [0.5, 0.6) is 0 Å². The van der Waals surface area contributed by atoms with Gasteiger partial charge in [-0.15, -0.1) is 0 Å². The van der Waals surface area contributed by atoms with Crippen molar-refractivity contribution in [2.45, 2.75) is 50.0 Å². The van der Waals surface area contributed by atoms with E-state index < -0.39 is 16.1 Å². The Bertz CT molecular complexity index is 791. The van der Waals surface area contributed by atoms with E-state index in [0.717, 1.165) is 37.5 Å². The highest BCUT2D eigenvalue weighted by Crippen LogP contribution is 2.54. The zero-order chi connectivity index (χ0) is 18.5. The number of carbonyl (C=O) groups excluding carboxylic acids is 1. The lowest BCUT2D eigenvalue weighted by atomic mass is 9.55. The van der Waals surface area contributed by atoms with Crippen LogP contribution in [0.15, 0.2) is 23.1 Å². The van der Waals surface area contributed by atoms with Crippen LogP contribution in [0.2, 0.25) is 0 Å². The van der Waals surface area contributed by atoms with Crippen LogP contribution in [0, 0.1) is 23.7 Å². The summed E-state index contributed by atoms with van der Waals surface area (Å²) in [5, 5.41) is 3.06. The number of rotatable bonds is 5. The van der Waals surface area contributed by atoms with Gasteiger partial charge in [0, 0.05) is 12.2 Å². The normalized spacial score (nSPS) is 32.5. The third-order valence-electron chi connectivity index (χ3n) is 6.26. The van der Waals surface area contributed by atoms with Gasteiger partial charge in [-0.05, 0) is 80.9 Å². The van der Waals surface area contributed by atoms with Gasteiger partial charge in [-0.1, -0.05) is 0 Å². The largest absolute Gasteiger partial charge is 0.458 e. The topological polar surface area (TPSA) is 92.7 Å². The molecule has 4 fully saturated rings. The number of anilines is 1. The first kappa shape index (κ1) is 17.8. The van der Waals surface area contributed by atoms with Crippen LogP contribution in [0.3, 0.4) is 0 Å². The number of esters is 1. The zero-order valence-corrected chi connectivity index (χ0v) is 15.7. The molecule has 1 aromatic rings. The summed E-state index contributed by atoms with van der Waals surface area (Å²) >= 11 is 0. The van der Waals surface area contributed by atoms with Crippen LogP contribution in [0.4, 0.5) is 5.69 Å². The van der Waals surface area contributed by atoms with Crippen molar-refractivity contribution in [1.82, 2.24) is 0 Å². The maximum absolute atomic E-state index is 12.9. The van der Waals surface area contributed by atoms with Crippen LogP contribution >= 0.6 is 0 Å². The predicted octanol–water partition coefficient (Wildman–Crippen LogP) is 3.35. The van der Waals surface area contributed by atoms with Gasteiger partial charge >= 0.3 is 5.97 Å². The SMILES string of the molecule is CCNc1ccc(S(=O)(=O)O)cc1C(=O)OC1C2CC3CC(C2)CC1C3. The summed E-state index contributed by atoms with van der Waals surface area (Å²) in [7, 11) is -4.38. The minimum absolute atomic E-state index is 0.0702. The van der Waals surface area contributed by atoms with E-state index >= 15 is 0 Å². The molecule has 4 saturated carbocycles. The molecule has 0 spiro atoms. The molecule has 4 aliphatic carbocycles. The van der Waals surface area contributed by atoms with E-state index in [1.165, 1.54) is 24.6 Å². The van der Waals surface area contributed by atoms with E-state index in [1.54, 1.807) is 0 Å². The van der Waals surface area contributed by atoms with E-state index in [-0.39, 0.29) is 16.6 Å². The summed E-state index contributed by atoms with van der Waals surface area (Å²) in [6, 6.07) is 3.98. The Morgan fingerprint density at radius 2 is 1.77 bits per heavy atom. The second-order valence-corrected chi connectivity index (χ2v) is 9.43. The molecule has 6 nitrogen and oxygen atoms in total. The van der Waals surface area contributed by atoms with Gasteiger partial charge in [-0.2, -0.15) is 8.42 Å². The fourth-order valence-electron chi connectivity index (χ4n) is 5.45. The summed E-state index contributed by atoms with van der Waals surface area (Å²) in [6.07, 6.45) is 5.80. The van der Waals surface area contributed by atoms with E-state index in [0.29, 0.717) is 24.1 Å². The summed E-state index contributed by atoms with van der Waals surface area (Å²) in [4.78, 5) is 12.6. The number of nitrogens with one attached hydrogen (secondary N) is 1. The lowest BCUT2D eigenvalue weighted by molar-refractivity contribution is -0.101. The van der Waals surface area contributed by atoms with Gasteiger partial charge in [-0.3, -0.25) is 4.55 Å². The number of hydrogen-bond acceptors (Lipinski definition) is 5. The van der Waals surface area contributed by atoms with Gasteiger partial charge in [-0.25, -0.2) is 4.79 Å². The second kappa shape index (κ2) is 6.53. The first-order chi connectivity index (χ1) is 12.3. The van der Waals surface area contributed by atoms with Crippen LogP contribution in [0.1, 0.15) is 49.4 Å². The smallest absolute Gasteiger partial charge is 0.340 e. The average Bonchev–Trinajstić information content (AvgIpc) is 2.57. The Morgan fingerprint density at radius 3 is 2.31 bits per heavy atom. The van der Waals surface area contributed by atoms with Crippen LogP contribution in [0.25, 0.3) is 0 Å². The van der Waals surface area contributed by atoms with E-state index in [9.17, 15) is 17.8 Å². The molecule has 5 rings (SSSR count). The molecule has 1 aromatic carbocycles. The Labute approximate surface area is 154 Å². The highest BCUT2D eigenvalue weighted by Gasteiger charge is 2.50. The maximum atomic E-state index is 12.9. The molecule has 26 heavy (non-hydrogen) atoms. The molecule has 0 heterocycles. The highest BCUT2D eigenvalue weighted by atomic mass is 32.2. The first-order valence-electron chi connectivity index (χ1n) is 9.41. The standard InChI is InChI=1S/C19H25NO5S/c1-2-20-17-4-3-15(26(22,23)24)10-16(17)19(21)25-18-13-6-11-5-12(8-13)9-14(18)7-11/h3-4,10-14,18,20H,2,5-9H2,1H3,(H,22,23,24). The first-order valence-corrected chi connectivity index (χ1v) is 10.9. The molecule has 0 unspecified atom stereocenters. The van der Waals surface area contributed by atoms with Gasteiger partial charge < -0.3 is 10.1 Å². The summed E-state index contributed by atoms with van der Waals surface area (Å²) < 4.78 is 38.1. The van der Waals surface area contributed by atoms with Crippen molar-refractivity contribution in [3.8, 4) is 0 Å². The lowest BCUT2D eigenvalue weighted by Gasteiger charge is -2.53. The maximum Gasteiger partial charge on any atom is 0.340 e. The molecular weight excluding hydrogens is 354 g/mol. The Morgan fingerprint density at radius 1 is 1.15 bits per heavy atom. The zero-order valence-electron chi connectivity index (χ0n) is 14.8. The third kappa shape index (κ3) is 3.22. The summed E-state index contributed by atoms with van der Waals surface area (Å²) in [5.74, 6) is 1.93. The van der Waals surface area contributed by atoms with Gasteiger partial charge in [0.1, 0.15) is 6.10 Å². The fraction of sp³-hybridized carbons (Fsp3) is 0.632.